The van der Waals surface area contributed by atoms with Gasteiger partial charge in [0, 0.05) is 6.61 Å². The van der Waals surface area contributed by atoms with Crippen LogP contribution in [0.1, 0.15) is 52.9 Å². The van der Waals surface area contributed by atoms with Crippen LogP contribution in [-0.2, 0) is 18.3 Å². The van der Waals surface area contributed by atoms with Gasteiger partial charge in [-0.05, 0) is 51.9 Å². The summed E-state index contributed by atoms with van der Waals surface area (Å²) in [5.74, 6) is 0.765. The molecule has 0 amide bonds. The highest BCUT2D eigenvalue weighted by Gasteiger charge is 2.23. The Kier molecular flexibility index (Phi) is 9.03. The van der Waals surface area contributed by atoms with Crippen LogP contribution in [0.15, 0.2) is 0 Å². The highest BCUT2D eigenvalue weighted by Crippen LogP contribution is 2.48. The Morgan fingerprint density at radius 2 is 1.90 bits per heavy atom. The maximum absolute atomic E-state index is 12.2. The van der Waals surface area contributed by atoms with Gasteiger partial charge in [0.05, 0.1) is 25.5 Å². The lowest BCUT2D eigenvalue weighted by atomic mass is 9.89. The number of hydrogen-bond acceptors (Lipinski definition) is 4. The van der Waals surface area contributed by atoms with Crippen molar-refractivity contribution in [1.82, 2.24) is 0 Å². The zero-order valence-corrected chi connectivity index (χ0v) is 14.1. The lowest BCUT2D eigenvalue weighted by molar-refractivity contribution is 0.0437. The minimum Gasteiger partial charge on any atom is -0.378 e. The van der Waals surface area contributed by atoms with E-state index >= 15 is 0 Å². The van der Waals surface area contributed by atoms with Crippen molar-refractivity contribution in [1.29, 1.82) is 0 Å². The molecule has 1 fully saturated rings. The molecule has 0 aromatic carbocycles. The standard InChI is InChI=1S/C15H30O4P/c1-4-18-20(16,19-5-2)12-7-6-11-17-15-10-8-9-14(3)13-15/h10,14-15H,4-9,11-13H2,1-3H3. The van der Waals surface area contributed by atoms with Gasteiger partial charge >= 0.3 is 7.60 Å². The summed E-state index contributed by atoms with van der Waals surface area (Å²) in [7, 11) is -2.86. The summed E-state index contributed by atoms with van der Waals surface area (Å²) < 4.78 is 28.6. The molecule has 4 nitrogen and oxygen atoms in total. The summed E-state index contributed by atoms with van der Waals surface area (Å²) in [5.41, 5.74) is 0. The van der Waals surface area contributed by atoms with Crippen molar-refractivity contribution >= 4 is 7.60 Å². The highest BCUT2D eigenvalue weighted by atomic mass is 31.2. The lowest BCUT2D eigenvalue weighted by Gasteiger charge is -2.26. The van der Waals surface area contributed by atoms with E-state index in [9.17, 15) is 4.57 Å². The van der Waals surface area contributed by atoms with Crippen LogP contribution in [0.5, 0.6) is 0 Å². The highest BCUT2D eigenvalue weighted by molar-refractivity contribution is 7.53. The van der Waals surface area contributed by atoms with Gasteiger partial charge in [-0.1, -0.05) is 13.3 Å². The fourth-order valence-electron chi connectivity index (χ4n) is 2.52. The van der Waals surface area contributed by atoms with Crippen LogP contribution in [0.2, 0.25) is 0 Å². The van der Waals surface area contributed by atoms with Crippen LogP contribution in [0.3, 0.4) is 0 Å². The molecule has 1 aliphatic carbocycles. The molecule has 0 aliphatic heterocycles. The molecule has 5 heteroatoms. The summed E-state index contributed by atoms with van der Waals surface area (Å²) in [6.07, 6.45) is 8.39. The van der Waals surface area contributed by atoms with Crippen LogP contribution in [-0.4, -0.2) is 32.1 Å². The zero-order valence-electron chi connectivity index (χ0n) is 13.2. The maximum Gasteiger partial charge on any atom is 0.330 e. The fourth-order valence-corrected chi connectivity index (χ4v) is 4.25. The van der Waals surface area contributed by atoms with Crippen molar-refractivity contribution in [2.24, 2.45) is 5.92 Å². The van der Waals surface area contributed by atoms with Crippen LogP contribution >= 0.6 is 7.60 Å². The number of unbranched alkanes of at least 4 members (excludes halogenated alkanes) is 1. The van der Waals surface area contributed by atoms with E-state index in [1.54, 1.807) is 0 Å². The summed E-state index contributed by atoms with van der Waals surface area (Å²) >= 11 is 0. The van der Waals surface area contributed by atoms with Crippen LogP contribution in [0.4, 0.5) is 0 Å². The summed E-state index contributed by atoms with van der Waals surface area (Å²) in [6, 6.07) is 0. The molecule has 1 radical (unpaired) electrons. The molecule has 0 N–H and O–H groups in total. The molecule has 0 heterocycles. The van der Waals surface area contributed by atoms with Crippen molar-refractivity contribution < 1.29 is 18.3 Å². The van der Waals surface area contributed by atoms with Crippen molar-refractivity contribution in [2.75, 3.05) is 26.0 Å². The molecule has 20 heavy (non-hydrogen) atoms. The van der Waals surface area contributed by atoms with E-state index in [0.717, 1.165) is 38.2 Å². The van der Waals surface area contributed by atoms with E-state index in [4.69, 9.17) is 13.8 Å². The van der Waals surface area contributed by atoms with Gasteiger partial charge in [-0.3, -0.25) is 4.57 Å². The van der Waals surface area contributed by atoms with Crippen molar-refractivity contribution in [3.05, 3.63) is 6.42 Å². The van der Waals surface area contributed by atoms with Crippen molar-refractivity contribution in [2.45, 2.75) is 59.0 Å². The normalized spacial score (nSPS) is 23.9. The van der Waals surface area contributed by atoms with Gasteiger partial charge in [-0.15, -0.1) is 0 Å². The summed E-state index contributed by atoms with van der Waals surface area (Å²) in [5, 5.41) is 0. The first kappa shape index (κ1) is 18.2. The van der Waals surface area contributed by atoms with Crippen LogP contribution in [0, 0.1) is 12.3 Å². The molecule has 0 aromatic rings. The smallest absolute Gasteiger partial charge is 0.330 e. The molecule has 1 rings (SSSR count). The second-order valence-electron chi connectivity index (χ2n) is 5.44. The van der Waals surface area contributed by atoms with Gasteiger partial charge in [0.1, 0.15) is 0 Å². The van der Waals surface area contributed by atoms with Crippen molar-refractivity contribution in [3.63, 3.8) is 0 Å². The van der Waals surface area contributed by atoms with Crippen LogP contribution < -0.4 is 0 Å². The topological polar surface area (TPSA) is 44.8 Å². The van der Waals surface area contributed by atoms with E-state index in [1.807, 2.05) is 13.8 Å². The second kappa shape index (κ2) is 9.94. The average molecular weight is 305 g/mol. The van der Waals surface area contributed by atoms with Gasteiger partial charge in [0.15, 0.2) is 0 Å². The Hall–Kier alpha value is 0.110. The minimum absolute atomic E-state index is 0.310. The Morgan fingerprint density at radius 3 is 2.50 bits per heavy atom. The first-order valence-corrected chi connectivity index (χ1v) is 9.65. The minimum atomic E-state index is -2.86. The number of ether oxygens (including phenoxy) is 1. The van der Waals surface area contributed by atoms with E-state index in [2.05, 4.69) is 13.3 Å². The van der Waals surface area contributed by atoms with Gasteiger partial charge in [-0.2, -0.15) is 0 Å². The van der Waals surface area contributed by atoms with Gasteiger partial charge < -0.3 is 13.8 Å². The Labute approximate surface area is 124 Å². The Bertz CT molecular complexity index is 286. The molecular formula is C15H30O4P. The second-order valence-corrected chi connectivity index (χ2v) is 7.63. The molecular weight excluding hydrogens is 275 g/mol. The Balaban J connectivity index is 2.12. The van der Waals surface area contributed by atoms with E-state index < -0.39 is 7.60 Å². The predicted octanol–water partition coefficient (Wildman–Crippen LogP) is 4.44. The molecule has 2 unspecified atom stereocenters. The maximum atomic E-state index is 12.2. The molecule has 0 bridgehead atoms. The third kappa shape index (κ3) is 7.21. The zero-order chi connectivity index (χ0) is 14.8. The van der Waals surface area contributed by atoms with Crippen molar-refractivity contribution in [3.8, 4) is 0 Å². The predicted molar refractivity (Wildman–Crippen MR) is 82.0 cm³/mol. The monoisotopic (exact) mass is 305 g/mol. The number of hydrogen-bond donors (Lipinski definition) is 0. The average Bonchev–Trinajstić information content (AvgIpc) is 2.39. The largest absolute Gasteiger partial charge is 0.378 e. The summed E-state index contributed by atoms with van der Waals surface area (Å²) in [6.45, 7) is 7.56. The lowest BCUT2D eigenvalue weighted by Crippen LogP contribution is -2.22. The van der Waals surface area contributed by atoms with E-state index in [-0.39, 0.29) is 0 Å². The summed E-state index contributed by atoms with van der Waals surface area (Å²) in [4.78, 5) is 0. The third-order valence-electron chi connectivity index (χ3n) is 3.53. The first-order valence-electron chi connectivity index (χ1n) is 7.92. The van der Waals surface area contributed by atoms with Gasteiger partial charge in [0.25, 0.3) is 0 Å². The molecule has 2 atom stereocenters. The van der Waals surface area contributed by atoms with E-state index in [0.29, 0.717) is 25.5 Å². The van der Waals surface area contributed by atoms with Gasteiger partial charge in [0.2, 0.25) is 0 Å². The molecule has 0 aromatic heterocycles. The van der Waals surface area contributed by atoms with Gasteiger partial charge in [-0.25, -0.2) is 0 Å². The SMILES string of the molecule is CCOP(=O)(CCCCOC1[CH]CCC(C)C1)OCC. The third-order valence-corrected chi connectivity index (χ3v) is 5.70. The molecule has 1 saturated carbocycles. The quantitative estimate of drug-likeness (QED) is 0.442. The first-order chi connectivity index (χ1) is 9.59. The number of rotatable bonds is 10. The molecule has 1 aliphatic rings. The molecule has 119 valence electrons. The fraction of sp³-hybridized carbons (Fsp3) is 0.933. The van der Waals surface area contributed by atoms with Crippen LogP contribution in [0.25, 0.3) is 0 Å². The molecule has 0 spiro atoms. The van der Waals surface area contributed by atoms with E-state index in [1.165, 1.54) is 6.42 Å². The Morgan fingerprint density at radius 1 is 1.20 bits per heavy atom. The molecule has 0 saturated heterocycles.